The molecule has 0 radical (unpaired) electrons. The first-order valence-corrected chi connectivity index (χ1v) is 6.62. The largest absolute Gasteiger partial charge is 0.433 e. The second kappa shape index (κ2) is 5.85. The number of pyridine rings is 1. The molecule has 5 heteroatoms. The lowest BCUT2D eigenvalue weighted by atomic mass is 9.97. The summed E-state index contributed by atoms with van der Waals surface area (Å²) >= 11 is 0. The Kier molecular flexibility index (Phi) is 4.32. The molecular weight excluding hydrogens is 277 g/mol. The molecule has 1 aromatic carbocycles. The van der Waals surface area contributed by atoms with Gasteiger partial charge in [0.25, 0.3) is 0 Å². The van der Waals surface area contributed by atoms with E-state index in [2.05, 4.69) is 4.98 Å². The summed E-state index contributed by atoms with van der Waals surface area (Å²) in [4.78, 5) is 3.45. The molecule has 2 N–H and O–H groups in total. The lowest BCUT2D eigenvalue weighted by Gasteiger charge is -2.14. The van der Waals surface area contributed by atoms with Gasteiger partial charge >= 0.3 is 6.18 Å². The van der Waals surface area contributed by atoms with Gasteiger partial charge in [-0.3, -0.25) is 4.98 Å². The molecule has 0 spiro atoms. The zero-order valence-corrected chi connectivity index (χ0v) is 11.9. The number of alkyl halides is 3. The molecule has 0 amide bonds. The van der Waals surface area contributed by atoms with Crippen molar-refractivity contribution in [1.29, 1.82) is 0 Å². The third-order valence-electron chi connectivity index (χ3n) is 3.53. The van der Waals surface area contributed by atoms with Gasteiger partial charge in [0.2, 0.25) is 0 Å². The fourth-order valence-corrected chi connectivity index (χ4v) is 2.08. The average molecular weight is 294 g/mol. The fraction of sp³-hybridized carbons (Fsp3) is 0.312. The van der Waals surface area contributed by atoms with Crippen molar-refractivity contribution in [3.63, 3.8) is 0 Å². The molecule has 0 aliphatic carbocycles. The lowest BCUT2D eigenvalue weighted by molar-refractivity contribution is -0.141. The summed E-state index contributed by atoms with van der Waals surface area (Å²) in [5.74, 6) is 0. The normalized spacial score (nSPS) is 13.2. The number of aryl methyl sites for hydroxylation is 2. The summed E-state index contributed by atoms with van der Waals surface area (Å²) in [6.07, 6.45) is -2.72. The minimum atomic E-state index is -4.41. The second-order valence-corrected chi connectivity index (χ2v) is 5.20. The van der Waals surface area contributed by atoms with Crippen molar-refractivity contribution in [2.75, 3.05) is 0 Å². The molecular formula is C16H17F3N2. The molecule has 1 unspecified atom stereocenters. The number of rotatable bonds is 3. The predicted molar refractivity (Wildman–Crippen MR) is 75.8 cm³/mol. The maximum atomic E-state index is 12.4. The average Bonchev–Trinajstić information content (AvgIpc) is 2.41. The zero-order chi connectivity index (χ0) is 15.6. The Hall–Kier alpha value is -1.88. The smallest absolute Gasteiger partial charge is 0.324 e. The molecule has 1 atom stereocenters. The number of benzene rings is 1. The van der Waals surface area contributed by atoms with E-state index in [1.54, 1.807) is 0 Å². The number of aromatic nitrogens is 1. The molecule has 2 aromatic rings. The Labute approximate surface area is 121 Å². The van der Waals surface area contributed by atoms with Crippen LogP contribution < -0.4 is 5.73 Å². The Bertz CT molecular complexity index is 618. The van der Waals surface area contributed by atoms with E-state index in [0.717, 1.165) is 17.2 Å². The van der Waals surface area contributed by atoms with Crippen LogP contribution in [0.2, 0.25) is 0 Å². The van der Waals surface area contributed by atoms with Crippen LogP contribution in [0.1, 0.15) is 34.0 Å². The molecule has 1 heterocycles. The monoisotopic (exact) mass is 294 g/mol. The van der Waals surface area contributed by atoms with E-state index in [4.69, 9.17) is 5.73 Å². The van der Waals surface area contributed by atoms with E-state index in [0.29, 0.717) is 12.0 Å². The van der Waals surface area contributed by atoms with Crippen molar-refractivity contribution in [2.24, 2.45) is 5.73 Å². The van der Waals surface area contributed by atoms with E-state index < -0.39 is 11.9 Å². The van der Waals surface area contributed by atoms with Crippen LogP contribution in [0.25, 0.3) is 0 Å². The molecule has 0 aliphatic rings. The molecule has 0 saturated heterocycles. The highest BCUT2D eigenvalue weighted by Crippen LogP contribution is 2.27. The molecule has 0 aliphatic heterocycles. The molecule has 1 aromatic heterocycles. The molecule has 112 valence electrons. The highest BCUT2D eigenvalue weighted by atomic mass is 19.4. The van der Waals surface area contributed by atoms with Crippen molar-refractivity contribution < 1.29 is 13.2 Å². The van der Waals surface area contributed by atoms with E-state index in [-0.39, 0.29) is 6.04 Å². The Morgan fingerprint density at radius 2 is 1.81 bits per heavy atom. The maximum Gasteiger partial charge on any atom is 0.433 e. The number of hydrogen-bond acceptors (Lipinski definition) is 2. The zero-order valence-electron chi connectivity index (χ0n) is 11.9. The van der Waals surface area contributed by atoms with Crippen molar-refractivity contribution in [1.82, 2.24) is 4.98 Å². The molecule has 2 rings (SSSR count). The van der Waals surface area contributed by atoms with Gasteiger partial charge in [-0.05, 0) is 48.6 Å². The lowest BCUT2D eigenvalue weighted by Crippen LogP contribution is -2.14. The van der Waals surface area contributed by atoms with Crippen LogP contribution in [-0.4, -0.2) is 4.98 Å². The summed E-state index contributed by atoms with van der Waals surface area (Å²) in [6.45, 7) is 4.02. The SMILES string of the molecule is Cc1ccc(C(N)Cc2ccc(C(F)(F)F)nc2)cc1C. The van der Waals surface area contributed by atoms with Crippen LogP contribution in [-0.2, 0) is 12.6 Å². The quantitative estimate of drug-likeness (QED) is 0.930. The molecule has 21 heavy (non-hydrogen) atoms. The van der Waals surface area contributed by atoms with Crippen LogP contribution in [0.4, 0.5) is 13.2 Å². The van der Waals surface area contributed by atoms with Crippen molar-refractivity contribution in [3.05, 3.63) is 64.5 Å². The molecule has 0 fully saturated rings. The highest BCUT2D eigenvalue weighted by molar-refractivity contribution is 5.32. The van der Waals surface area contributed by atoms with Crippen LogP contribution >= 0.6 is 0 Å². The van der Waals surface area contributed by atoms with Gasteiger partial charge in [0.05, 0.1) is 0 Å². The first-order chi connectivity index (χ1) is 9.77. The minimum Gasteiger partial charge on any atom is -0.324 e. The topological polar surface area (TPSA) is 38.9 Å². The maximum absolute atomic E-state index is 12.4. The van der Waals surface area contributed by atoms with Crippen LogP contribution in [0.3, 0.4) is 0 Å². The predicted octanol–water partition coefficient (Wildman–Crippen LogP) is 3.96. The highest BCUT2D eigenvalue weighted by Gasteiger charge is 2.32. The third kappa shape index (κ3) is 3.82. The minimum absolute atomic E-state index is 0.261. The third-order valence-corrected chi connectivity index (χ3v) is 3.53. The number of hydrogen-bond donors (Lipinski definition) is 1. The van der Waals surface area contributed by atoms with Gasteiger partial charge in [-0.15, -0.1) is 0 Å². The van der Waals surface area contributed by atoms with Crippen LogP contribution in [0.15, 0.2) is 36.5 Å². The standard InChI is InChI=1S/C16H17F3N2/c1-10-3-5-13(7-11(10)2)14(20)8-12-4-6-15(21-9-12)16(17,18)19/h3-7,9,14H,8,20H2,1-2H3. The van der Waals surface area contributed by atoms with Gasteiger partial charge in [0.15, 0.2) is 0 Å². The van der Waals surface area contributed by atoms with Gasteiger partial charge in [-0.25, -0.2) is 0 Å². The van der Waals surface area contributed by atoms with Crippen LogP contribution in [0, 0.1) is 13.8 Å². The summed E-state index contributed by atoms with van der Waals surface area (Å²) < 4.78 is 37.3. The molecule has 0 saturated carbocycles. The Morgan fingerprint density at radius 1 is 1.10 bits per heavy atom. The number of halogens is 3. The van der Waals surface area contributed by atoms with Gasteiger partial charge in [-0.1, -0.05) is 24.3 Å². The van der Waals surface area contributed by atoms with E-state index >= 15 is 0 Å². The van der Waals surface area contributed by atoms with Gasteiger partial charge < -0.3 is 5.73 Å². The van der Waals surface area contributed by atoms with Crippen molar-refractivity contribution in [2.45, 2.75) is 32.5 Å². The summed E-state index contributed by atoms with van der Waals surface area (Å²) in [7, 11) is 0. The Morgan fingerprint density at radius 3 is 2.33 bits per heavy atom. The van der Waals surface area contributed by atoms with E-state index in [1.807, 2.05) is 32.0 Å². The number of nitrogens with zero attached hydrogens (tertiary/aromatic N) is 1. The first kappa shape index (κ1) is 15.5. The van der Waals surface area contributed by atoms with Gasteiger partial charge in [-0.2, -0.15) is 13.2 Å². The van der Waals surface area contributed by atoms with Gasteiger partial charge in [0, 0.05) is 12.2 Å². The van der Waals surface area contributed by atoms with Crippen molar-refractivity contribution >= 4 is 0 Å². The fourth-order valence-electron chi connectivity index (χ4n) is 2.08. The molecule has 0 bridgehead atoms. The van der Waals surface area contributed by atoms with E-state index in [9.17, 15) is 13.2 Å². The van der Waals surface area contributed by atoms with Gasteiger partial charge in [0.1, 0.15) is 5.69 Å². The molecule has 2 nitrogen and oxygen atoms in total. The van der Waals surface area contributed by atoms with Crippen LogP contribution in [0.5, 0.6) is 0 Å². The van der Waals surface area contributed by atoms with E-state index in [1.165, 1.54) is 17.8 Å². The second-order valence-electron chi connectivity index (χ2n) is 5.20. The first-order valence-electron chi connectivity index (χ1n) is 6.62. The summed E-state index contributed by atoms with van der Waals surface area (Å²) in [6, 6.07) is 8.11. The Balaban J connectivity index is 2.12. The number of nitrogens with two attached hydrogens (primary N) is 1. The summed E-state index contributed by atoms with van der Waals surface area (Å²) in [5.41, 5.74) is 9.22. The van der Waals surface area contributed by atoms with Crippen molar-refractivity contribution in [3.8, 4) is 0 Å². The summed E-state index contributed by atoms with van der Waals surface area (Å²) in [5, 5.41) is 0.